The van der Waals surface area contributed by atoms with Crippen molar-refractivity contribution in [3.63, 3.8) is 0 Å². The first-order valence-electron chi connectivity index (χ1n) is 14.8. The maximum atomic E-state index is 13.5. The zero-order chi connectivity index (χ0) is 29.7. The fourth-order valence-corrected chi connectivity index (χ4v) is 6.77. The first-order chi connectivity index (χ1) is 20.9. The van der Waals surface area contributed by atoms with Crippen LogP contribution in [0.25, 0.3) is 10.9 Å². The maximum Gasteiger partial charge on any atom is 0.272 e. The Balaban J connectivity index is 1.15. The summed E-state index contributed by atoms with van der Waals surface area (Å²) in [5.74, 6) is 2.34. The van der Waals surface area contributed by atoms with E-state index in [0.29, 0.717) is 33.6 Å². The van der Waals surface area contributed by atoms with Crippen LogP contribution in [0.15, 0.2) is 76.2 Å². The molecule has 5 heterocycles. The number of methoxy groups -OCH3 is 2. The molecule has 0 spiro atoms. The largest absolute Gasteiger partial charge is 0.496 e. The van der Waals surface area contributed by atoms with E-state index in [1.807, 2.05) is 66.5 Å². The van der Waals surface area contributed by atoms with Crippen LogP contribution in [0.2, 0.25) is 0 Å². The van der Waals surface area contributed by atoms with Crippen LogP contribution in [0, 0.1) is 5.92 Å². The lowest BCUT2D eigenvalue weighted by Crippen LogP contribution is -2.54. The summed E-state index contributed by atoms with van der Waals surface area (Å²) < 4.78 is 19.2. The topological polar surface area (TPSA) is 89.7 Å². The molecule has 4 aliphatic rings. The molecule has 0 saturated carbocycles. The molecule has 1 aromatic heterocycles. The number of quaternary nitrogens is 1. The molecule has 1 amide bonds. The van der Waals surface area contributed by atoms with Gasteiger partial charge in [0.05, 0.1) is 50.4 Å². The number of hydrogen-bond acceptors (Lipinski definition) is 7. The van der Waals surface area contributed by atoms with Crippen molar-refractivity contribution in [2.75, 3.05) is 52.9 Å². The third kappa shape index (κ3) is 4.57. The molecule has 3 aromatic rings. The van der Waals surface area contributed by atoms with Gasteiger partial charge in [0.25, 0.3) is 5.91 Å². The first kappa shape index (κ1) is 27.6. The van der Waals surface area contributed by atoms with Crippen molar-refractivity contribution in [3.8, 4) is 11.5 Å². The number of anilines is 1. The monoisotopic (exact) mass is 581 g/mol. The van der Waals surface area contributed by atoms with E-state index in [0.717, 1.165) is 78.6 Å². The molecule has 222 valence electrons. The number of hydrogen-bond donors (Lipinski definition) is 1. The zero-order valence-electron chi connectivity index (χ0n) is 25.0. The van der Waals surface area contributed by atoms with Gasteiger partial charge in [0.2, 0.25) is 5.84 Å². The Hall–Kier alpha value is -4.25. The standard InChI is InChI=1S/C33H36N6O4/c1-37-26-6-5-7-29(41-3)24(26)17-27(37)33(40)35-25-9-8-21(16-30(25)42-4)32-36-31(28-18-34-12-13-39(28,32)2)22-19-38(20-22)23-10-14-43-15-11-23/h5-9,12-13,16-18,22-23H,10-11,14-15,19-20H2,1-4H3/p+1. The van der Waals surface area contributed by atoms with E-state index in [9.17, 15) is 4.79 Å². The van der Waals surface area contributed by atoms with Crippen LogP contribution in [0.5, 0.6) is 11.5 Å². The second kappa shape index (κ2) is 10.8. The number of nitrogens with one attached hydrogen (secondary N) is 1. The second-order valence-electron chi connectivity index (χ2n) is 11.7. The second-order valence-corrected chi connectivity index (χ2v) is 11.7. The molecule has 2 fully saturated rings. The van der Waals surface area contributed by atoms with Crippen molar-refractivity contribution in [1.29, 1.82) is 0 Å². The summed E-state index contributed by atoms with van der Waals surface area (Å²) in [6, 6.07) is 14.1. The Labute approximate surface area is 251 Å². The minimum Gasteiger partial charge on any atom is -0.496 e. The average Bonchev–Trinajstić information content (AvgIpc) is 3.51. The Morgan fingerprint density at radius 3 is 2.63 bits per heavy atom. The predicted molar refractivity (Wildman–Crippen MR) is 167 cm³/mol. The van der Waals surface area contributed by atoms with Gasteiger partial charge < -0.3 is 24.1 Å². The Kier molecular flexibility index (Phi) is 6.92. The minimum absolute atomic E-state index is 0.232. The van der Waals surface area contributed by atoms with Crippen LogP contribution in [0.3, 0.4) is 0 Å². The van der Waals surface area contributed by atoms with Crippen LogP contribution in [-0.2, 0) is 11.8 Å². The SMILES string of the molecule is COc1cc(C2=NC(C3CN(C4CCOCC4)C3)=C3C=NC=C[N+]23C)ccc1NC(=O)c1cc2c(OC)cccc2n1C. The molecule has 10 heteroatoms. The number of benzene rings is 2. The highest BCUT2D eigenvalue weighted by Gasteiger charge is 2.47. The van der Waals surface area contributed by atoms with Crippen molar-refractivity contribution < 1.29 is 23.5 Å². The minimum atomic E-state index is -0.232. The van der Waals surface area contributed by atoms with Crippen molar-refractivity contribution in [2.24, 2.45) is 23.0 Å². The number of fused-ring (bicyclic) bond motifs is 2. The van der Waals surface area contributed by atoms with Gasteiger partial charge in [0.15, 0.2) is 5.70 Å². The molecule has 1 atom stereocenters. The number of aromatic nitrogens is 1. The van der Waals surface area contributed by atoms with Crippen molar-refractivity contribution in [1.82, 2.24) is 9.47 Å². The molecular formula is C33H37N6O4+. The van der Waals surface area contributed by atoms with Gasteiger partial charge in [-0.3, -0.25) is 14.7 Å². The Bertz CT molecular complexity index is 1720. The summed E-state index contributed by atoms with van der Waals surface area (Å²) >= 11 is 0. The molecule has 7 rings (SSSR count). The van der Waals surface area contributed by atoms with Gasteiger partial charge in [-0.15, -0.1) is 0 Å². The molecule has 1 unspecified atom stereocenters. The summed E-state index contributed by atoms with van der Waals surface area (Å²) in [6.07, 6.45) is 8.06. The molecule has 0 bridgehead atoms. The number of likely N-dealkylation sites (tertiary alicyclic amines) is 1. The number of amides is 1. The van der Waals surface area contributed by atoms with E-state index in [1.165, 1.54) is 0 Å². The average molecular weight is 582 g/mol. The van der Waals surface area contributed by atoms with Crippen molar-refractivity contribution in [2.45, 2.75) is 18.9 Å². The van der Waals surface area contributed by atoms with E-state index in [2.05, 4.69) is 28.5 Å². The van der Waals surface area contributed by atoms with Crippen molar-refractivity contribution in [3.05, 3.63) is 77.5 Å². The highest BCUT2D eigenvalue weighted by Crippen LogP contribution is 2.41. The van der Waals surface area contributed by atoms with Crippen LogP contribution in [0.1, 0.15) is 28.9 Å². The molecule has 2 saturated heterocycles. The lowest BCUT2D eigenvalue weighted by molar-refractivity contribution is -0.713. The maximum absolute atomic E-state index is 13.5. The molecule has 43 heavy (non-hydrogen) atoms. The van der Waals surface area contributed by atoms with E-state index < -0.39 is 0 Å². The molecule has 0 radical (unpaired) electrons. The summed E-state index contributed by atoms with van der Waals surface area (Å²) in [5, 5.41) is 3.94. The molecule has 1 N–H and O–H groups in total. The summed E-state index contributed by atoms with van der Waals surface area (Å²) in [6.45, 7) is 3.71. The number of aryl methyl sites for hydroxylation is 1. The Morgan fingerprint density at radius 2 is 1.86 bits per heavy atom. The molecule has 10 nitrogen and oxygen atoms in total. The zero-order valence-corrected chi connectivity index (χ0v) is 25.0. The summed E-state index contributed by atoms with van der Waals surface area (Å²) in [7, 11) is 7.27. The highest BCUT2D eigenvalue weighted by atomic mass is 16.5. The lowest BCUT2D eigenvalue weighted by Gasteiger charge is -2.45. The van der Waals surface area contributed by atoms with Crippen molar-refractivity contribution >= 4 is 34.5 Å². The van der Waals surface area contributed by atoms with E-state index in [4.69, 9.17) is 19.2 Å². The van der Waals surface area contributed by atoms with Gasteiger partial charge in [0, 0.05) is 50.7 Å². The third-order valence-corrected chi connectivity index (χ3v) is 9.29. The molecule has 2 aromatic carbocycles. The first-order valence-corrected chi connectivity index (χ1v) is 14.8. The van der Waals surface area contributed by atoms with Gasteiger partial charge in [-0.2, -0.15) is 4.99 Å². The number of allylic oxidation sites excluding steroid dienone is 1. The third-order valence-electron chi connectivity index (χ3n) is 9.29. The van der Waals surface area contributed by atoms with Crippen LogP contribution >= 0.6 is 0 Å². The van der Waals surface area contributed by atoms with E-state index >= 15 is 0 Å². The number of carbonyl (C=O) groups excluding carboxylic acids is 1. The van der Waals surface area contributed by atoms with Gasteiger partial charge in [0.1, 0.15) is 29.1 Å². The quantitative estimate of drug-likeness (QED) is 0.414. The predicted octanol–water partition coefficient (Wildman–Crippen LogP) is 4.53. The molecule has 0 aliphatic carbocycles. The number of carbonyl (C=O) groups is 1. The fourth-order valence-electron chi connectivity index (χ4n) is 6.77. The Morgan fingerprint density at radius 1 is 1.07 bits per heavy atom. The van der Waals surface area contributed by atoms with Crippen LogP contribution in [0.4, 0.5) is 5.69 Å². The molecule has 4 aliphatic heterocycles. The van der Waals surface area contributed by atoms with Gasteiger partial charge in [-0.25, -0.2) is 4.48 Å². The van der Waals surface area contributed by atoms with Gasteiger partial charge in [-0.05, 0) is 49.2 Å². The summed E-state index contributed by atoms with van der Waals surface area (Å²) in [5.41, 5.74) is 5.18. The van der Waals surface area contributed by atoms with Crippen LogP contribution in [-0.4, -0.2) is 85.5 Å². The van der Waals surface area contributed by atoms with Gasteiger partial charge >= 0.3 is 0 Å². The number of nitrogens with zero attached hydrogens (tertiary/aromatic N) is 5. The van der Waals surface area contributed by atoms with Crippen LogP contribution < -0.4 is 14.8 Å². The normalized spacial score (nSPS) is 22.5. The highest BCUT2D eigenvalue weighted by molar-refractivity contribution is 6.08. The summed E-state index contributed by atoms with van der Waals surface area (Å²) in [4.78, 5) is 25.8. The van der Waals surface area contributed by atoms with E-state index in [-0.39, 0.29) is 5.91 Å². The molecular weight excluding hydrogens is 544 g/mol. The smallest absolute Gasteiger partial charge is 0.272 e. The number of ether oxygens (including phenoxy) is 3. The number of rotatable bonds is 7. The van der Waals surface area contributed by atoms with Gasteiger partial charge in [-0.1, -0.05) is 6.07 Å². The number of amidine groups is 1. The fraction of sp³-hybridized carbons (Fsp3) is 0.364. The van der Waals surface area contributed by atoms with E-state index in [1.54, 1.807) is 14.2 Å². The number of aliphatic imine (C=N–C) groups is 2. The lowest BCUT2D eigenvalue weighted by atomic mass is 9.91.